The van der Waals surface area contributed by atoms with E-state index < -0.39 is 0 Å². The van der Waals surface area contributed by atoms with Gasteiger partial charge in [0.05, 0.1) is 5.25 Å². The van der Waals surface area contributed by atoms with Gasteiger partial charge < -0.3 is 4.42 Å². The Hall–Kier alpha value is -0.870. The number of hydrogen-bond acceptors (Lipinski definition) is 4. The Morgan fingerprint density at radius 2 is 2.15 bits per heavy atom. The fourth-order valence-corrected chi connectivity index (χ4v) is 5.62. The first-order valence-corrected chi connectivity index (χ1v) is 9.07. The van der Waals surface area contributed by atoms with Crippen LogP contribution in [0.1, 0.15) is 29.5 Å². The average Bonchev–Trinajstić information content (AvgIpc) is 2.92. The van der Waals surface area contributed by atoms with Crippen molar-refractivity contribution in [3.63, 3.8) is 0 Å². The lowest BCUT2D eigenvalue weighted by molar-refractivity contribution is 0.0963. The third kappa shape index (κ3) is 2.51. The van der Waals surface area contributed by atoms with Crippen LogP contribution in [0, 0.1) is 6.92 Å². The van der Waals surface area contributed by atoms with Crippen molar-refractivity contribution in [2.24, 2.45) is 0 Å². The highest BCUT2D eigenvalue weighted by Gasteiger charge is 2.33. The predicted molar refractivity (Wildman–Crippen MR) is 88.1 cm³/mol. The first-order chi connectivity index (χ1) is 9.70. The molecule has 0 spiro atoms. The molecule has 20 heavy (non-hydrogen) atoms. The van der Waals surface area contributed by atoms with E-state index >= 15 is 0 Å². The molecule has 2 unspecified atom stereocenters. The summed E-state index contributed by atoms with van der Waals surface area (Å²) in [4.78, 5) is 12.7. The van der Waals surface area contributed by atoms with Gasteiger partial charge in [-0.05, 0) is 25.0 Å². The quantitative estimate of drug-likeness (QED) is 0.778. The molecule has 2 nitrogen and oxygen atoms in total. The van der Waals surface area contributed by atoms with Gasteiger partial charge in [0.25, 0.3) is 0 Å². The largest absolute Gasteiger partial charge is 0.453 e. The van der Waals surface area contributed by atoms with E-state index in [1.54, 1.807) is 11.8 Å². The maximum absolute atomic E-state index is 12.7. The van der Waals surface area contributed by atoms with Gasteiger partial charge >= 0.3 is 0 Å². The number of carbonyl (C=O) groups excluding carboxylic acids is 1. The number of furan rings is 1. The van der Waals surface area contributed by atoms with Crippen LogP contribution in [0.4, 0.5) is 0 Å². The number of carbonyl (C=O) groups is 1. The van der Waals surface area contributed by atoms with E-state index in [9.17, 15) is 4.79 Å². The van der Waals surface area contributed by atoms with Crippen LogP contribution in [-0.4, -0.2) is 27.8 Å². The molecule has 0 bridgehead atoms. The van der Waals surface area contributed by atoms with Gasteiger partial charge in [0, 0.05) is 22.1 Å². The molecule has 0 radical (unpaired) electrons. The number of Topliss-reactive ketones (excluding diaryl/α,β-unsaturated/α-hetero) is 1. The highest BCUT2D eigenvalue weighted by molar-refractivity contribution is 8.07. The molecule has 1 aromatic carbocycles. The molecule has 106 valence electrons. The number of aryl methyl sites for hydroxylation is 1. The zero-order valence-corrected chi connectivity index (χ0v) is 13.4. The van der Waals surface area contributed by atoms with Gasteiger partial charge in [0.2, 0.25) is 5.78 Å². The first-order valence-electron chi connectivity index (χ1n) is 6.97. The minimum atomic E-state index is 0.0413. The number of hydrogen-bond donors (Lipinski definition) is 0. The van der Waals surface area contributed by atoms with Crippen LogP contribution >= 0.6 is 23.5 Å². The number of fused-ring (bicyclic) bond motifs is 1. The van der Waals surface area contributed by atoms with Crippen molar-refractivity contribution in [1.82, 2.24) is 0 Å². The fraction of sp³-hybridized carbons (Fsp3) is 0.438. The van der Waals surface area contributed by atoms with E-state index in [1.165, 1.54) is 0 Å². The van der Waals surface area contributed by atoms with Crippen molar-refractivity contribution >= 4 is 40.3 Å². The van der Waals surface area contributed by atoms with E-state index in [4.69, 9.17) is 4.42 Å². The first kappa shape index (κ1) is 14.1. The molecule has 1 saturated heterocycles. The van der Waals surface area contributed by atoms with Crippen molar-refractivity contribution in [2.75, 3.05) is 11.5 Å². The van der Waals surface area contributed by atoms with Gasteiger partial charge in [-0.1, -0.05) is 25.1 Å². The molecule has 1 aliphatic rings. The number of benzene rings is 1. The van der Waals surface area contributed by atoms with E-state index in [0.717, 1.165) is 34.5 Å². The summed E-state index contributed by atoms with van der Waals surface area (Å²) in [5.74, 6) is 2.88. The van der Waals surface area contributed by atoms with Gasteiger partial charge in [-0.25, -0.2) is 0 Å². The Balaban J connectivity index is 1.93. The Morgan fingerprint density at radius 3 is 2.90 bits per heavy atom. The summed E-state index contributed by atoms with van der Waals surface area (Å²) in [6.45, 7) is 4.17. The van der Waals surface area contributed by atoms with Gasteiger partial charge in [-0.3, -0.25) is 4.79 Å². The summed E-state index contributed by atoms with van der Waals surface area (Å²) in [5, 5.41) is 1.48. The Bertz CT molecular complexity index is 632. The summed E-state index contributed by atoms with van der Waals surface area (Å²) < 4.78 is 5.83. The fourth-order valence-electron chi connectivity index (χ4n) is 2.62. The Kier molecular flexibility index (Phi) is 4.13. The predicted octanol–water partition coefficient (Wildman–Crippen LogP) is 4.55. The van der Waals surface area contributed by atoms with Gasteiger partial charge in [-0.2, -0.15) is 11.8 Å². The van der Waals surface area contributed by atoms with Gasteiger partial charge in [0.15, 0.2) is 5.76 Å². The van der Waals surface area contributed by atoms with E-state index in [0.29, 0.717) is 11.0 Å². The molecule has 0 saturated carbocycles. The SMILES string of the molecule is CCC1SCCSC1C(=O)c1cc2cccc(C)c2o1. The lowest BCUT2D eigenvalue weighted by atomic mass is 10.1. The number of rotatable bonds is 3. The second-order valence-corrected chi connectivity index (χ2v) is 7.67. The minimum absolute atomic E-state index is 0.0413. The van der Waals surface area contributed by atoms with Crippen LogP contribution in [0.25, 0.3) is 11.0 Å². The minimum Gasteiger partial charge on any atom is -0.453 e. The normalized spacial score (nSPS) is 23.1. The topological polar surface area (TPSA) is 30.2 Å². The zero-order chi connectivity index (χ0) is 14.1. The van der Waals surface area contributed by atoms with E-state index in [1.807, 2.05) is 43.0 Å². The van der Waals surface area contributed by atoms with Crippen molar-refractivity contribution in [1.29, 1.82) is 0 Å². The standard InChI is InChI=1S/C16H18O2S2/c1-3-13-16(20-8-7-19-13)14(17)12-9-11-6-4-5-10(2)15(11)18-12/h4-6,9,13,16H,3,7-8H2,1-2H3. The maximum Gasteiger partial charge on any atom is 0.212 e. The second kappa shape index (κ2) is 5.86. The van der Waals surface area contributed by atoms with Crippen molar-refractivity contribution in [3.05, 3.63) is 35.6 Å². The Labute approximate surface area is 127 Å². The lowest BCUT2D eigenvalue weighted by Crippen LogP contribution is -2.32. The van der Waals surface area contributed by atoms with Gasteiger partial charge in [0.1, 0.15) is 5.58 Å². The Morgan fingerprint density at radius 1 is 1.35 bits per heavy atom. The lowest BCUT2D eigenvalue weighted by Gasteiger charge is -2.27. The third-order valence-corrected chi connectivity index (χ3v) is 6.94. The van der Waals surface area contributed by atoms with Crippen LogP contribution in [0.5, 0.6) is 0 Å². The van der Waals surface area contributed by atoms with Crippen LogP contribution in [0.15, 0.2) is 28.7 Å². The van der Waals surface area contributed by atoms with Crippen LogP contribution < -0.4 is 0 Å². The van der Waals surface area contributed by atoms with Crippen LogP contribution in [-0.2, 0) is 0 Å². The summed E-state index contributed by atoms with van der Waals surface area (Å²) in [7, 11) is 0. The number of para-hydroxylation sites is 1. The highest BCUT2D eigenvalue weighted by Crippen LogP contribution is 2.36. The van der Waals surface area contributed by atoms with Crippen molar-refractivity contribution in [2.45, 2.75) is 30.8 Å². The smallest absolute Gasteiger partial charge is 0.212 e. The molecular weight excluding hydrogens is 288 g/mol. The van der Waals surface area contributed by atoms with E-state index in [-0.39, 0.29) is 11.0 Å². The monoisotopic (exact) mass is 306 g/mol. The average molecular weight is 306 g/mol. The summed E-state index contributed by atoms with van der Waals surface area (Å²) in [6, 6.07) is 7.92. The van der Waals surface area contributed by atoms with Crippen LogP contribution in [0.2, 0.25) is 0 Å². The summed E-state index contributed by atoms with van der Waals surface area (Å²) >= 11 is 3.70. The molecule has 2 atom stereocenters. The highest BCUT2D eigenvalue weighted by atomic mass is 32.2. The van der Waals surface area contributed by atoms with Crippen molar-refractivity contribution in [3.8, 4) is 0 Å². The molecule has 1 aromatic heterocycles. The van der Waals surface area contributed by atoms with E-state index in [2.05, 4.69) is 6.92 Å². The third-order valence-electron chi connectivity index (χ3n) is 3.69. The molecule has 2 heterocycles. The van der Waals surface area contributed by atoms with Crippen LogP contribution in [0.3, 0.4) is 0 Å². The summed E-state index contributed by atoms with van der Waals surface area (Å²) in [5.41, 5.74) is 1.93. The maximum atomic E-state index is 12.7. The zero-order valence-electron chi connectivity index (χ0n) is 11.7. The molecular formula is C16H18O2S2. The molecule has 0 amide bonds. The number of ketones is 1. The molecule has 1 aliphatic heterocycles. The molecule has 4 heteroatoms. The molecule has 0 N–H and O–H groups in total. The summed E-state index contributed by atoms with van der Waals surface area (Å²) in [6.07, 6.45) is 1.04. The number of thioether (sulfide) groups is 2. The van der Waals surface area contributed by atoms with Gasteiger partial charge in [-0.15, -0.1) is 11.8 Å². The second-order valence-electron chi connectivity index (χ2n) is 5.08. The molecule has 1 fully saturated rings. The molecule has 0 aliphatic carbocycles. The van der Waals surface area contributed by atoms with Crippen molar-refractivity contribution < 1.29 is 9.21 Å². The molecule has 3 rings (SSSR count). The molecule has 2 aromatic rings.